The van der Waals surface area contributed by atoms with E-state index in [9.17, 15) is 14.7 Å². The van der Waals surface area contributed by atoms with Crippen molar-refractivity contribution in [2.45, 2.75) is 19.1 Å². The number of hydrogen-bond acceptors (Lipinski definition) is 5. The normalized spacial score (nSPS) is 11.7. The summed E-state index contributed by atoms with van der Waals surface area (Å²) in [7, 11) is 0. The molecular weight excluding hydrogens is 396 g/mol. The summed E-state index contributed by atoms with van der Waals surface area (Å²) in [6, 6.07) is 19.9. The number of nitrogens with one attached hydrogen (secondary N) is 1. The molecule has 7 nitrogen and oxygen atoms in total. The number of fused-ring (bicyclic) bond motifs is 1. The number of carbonyl (C=O) groups excluding carboxylic acids is 1. The van der Waals surface area contributed by atoms with Gasteiger partial charge in [-0.3, -0.25) is 4.98 Å². The maximum absolute atomic E-state index is 12.1. The van der Waals surface area contributed by atoms with Crippen LogP contribution in [0.3, 0.4) is 0 Å². The zero-order valence-electron chi connectivity index (χ0n) is 16.5. The number of ether oxygens (including phenoxy) is 1. The minimum atomic E-state index is -1.15. The summed E-state index contributed by atoms with van der Waals surface area (Å²) in [6.45, 7) is -0.111. The van der Waals surface area contributed by atoms with E-state index in [0.29, 0.717) is 16.9 Å². The van der Waals surface area contributed by atoms with Crippen LogP contribution in [0.25, 0.3) is 22.1 Å². The molecule has 2 aromatic heterocycles. The highest BCUT2D eigenvalue weighted by Gasteiger charge is 2.21. The standard InChI is InChI=1S/C24H20N2O5/c27-23(28)21(11-16-5-4-10-25-14-16)26-24(29)30-15-20-13-19-12-18(8-9-22(19)31-20)17-6-2-1-3-7-17/h1-10,12-14,21H,11,15H2,(H,26,29)(H,27,28). The third-order valence-electron chi connectivity index (χ3n) is 4.77. The first-order valence-electron chi connectivity index (χ1n) is 9.71. The van der Waals surface area contributed by atoms with Gasteiger partial charge in [0, 0.05) is 24.2 Å². The van der Waals surface area contributed by atoms with Crippen LogP contribution in [0.1, 0.15) is 11.3 Å². The molecule has 2 aromatic carbocycles. The molecule has 2 heterocycles. The van der Waals surface area contributed by atoms with Crippen LogP contribution in [-0.4, -0.2) is 28.2 Å². The summed E-state index contributed by atoms with van der Waals surface area (Å²) in [4.78, 5) is 27.5. The molecule has 7 heteroatoms. The maximum atomic E-state index is 12.1. The molecule has 0 aliphatic heterocycles. The summed E-state index contributed by atoms with van der Waals surface area (Å²) < 4.78 is 10.9. The highest BCUT2D eigenvalue weighted by atomic mass is 16.6. The first-order valence-corrected chi connectivity index (χ1v) is 9.71. The van der Waals surface area contributed by atoms with Gasteiger partial charge in [-0.05, 0) is 41.0 Å². The van der Waals surface area contributed by atoms with Crippen molar-refractivity contribution < 1.29 is 23.8 Å². The second-order valence-corrected chi connectivity index (χ2v) is 7.01. The van der Waals surface area contributed by atoms with E-state index >= 15 is 0 Å². The summed E-state index contributed by atoms with van der Waals surface area (Å²) in [5.74, 6) is -0.688. The average Bonchev–Trinajstić information content (AvgIpc) is 3.21. The van der Waals surface area contributed by atoms with E-state index in [-0.39, 0.29) is 13.0 Å². The number of carboxylic acid groups (broad SMARTS) is 1. The number of aromatic nitrogens is 1. The lowest BCUT2D eigenvalue weighted by atomic mass is 10.0. The molecule has 0 fully saturated rings. The highest BCUT2D eigenvalue weighted by molar-refractivity contribution is 5.84. The lowest BCUT2D eigenvalue weighted by molar-refractivity contribution is -0.139. The predicted molar refractivity (Wildman–Crippen MR) is 114 cm³/mol. The Labute approximate surface area is 178 Å². The number of alkyl carbamates (subject to hydrolysis) is 1. The van der Waals surface area contributed by atoms with Crippen molar-refractivity contribution in [3.63, 3.8) is 0 Å². The van der Waals surface area contributed by atoms with E-state index in [1.54, 1.807) is 30.6 Å². The van der Waals surface area contributed by atoms with Crippen molar-refractivity contribution in [2.75, 3.05) is 0 Å². The Morgan fingerprint density at radius 3 is 2.61 bits per heavy atom. The Hall–Kier alpha value is -4.13. The summed E-state index contributed by atoms with van der Waals surface area (Å²) >= 11 is 0. The van der Waals surface area contributed by atoms with Crippen LogP contribution in [0.15, 0.2) is 83.5 Å². The first kappa shape index (κ1) is 20.2. The van der Waals surface area contributed by atoms with Crippen LogP contribution in [-0.2, 0) is 22.6 Å². The number of nitrogens with zero attached hydrogens (tertiary/aromatic N) is 1. The smallest absolute Gasteiger partial charge is 0.408 e. The lowest BCUT2D eigenvalue weighted by Crippen LogP contribution is -2.42. The van der Waals surface area contributed by atoms with Crippen LogP contribution < -0.4 is 5.32 Å². The van der Waals surface area contributed by atoms with E-state index in [4.69, 9.17) is 9.15 Å². The van der Waals surface area contributed by atoms with Gasteiger partial charge < -0.3 is 19.6 Å². The summed E-state index contributed by atoms with van der Waals surface area (Å²) in [5.41, 5.74) is 3.52. The fourth-order valence-electron chi connectivity index (χ4n) is 3.25. The van der Waals surface area contributed by atoms with Crippen molar-refractivity contribution >= 4 is 23.0 Å². The summed E-state index contributed by atoms with van der Waals surface area (Å²) in [6.07, 6.45) is 2.42. The molecule has 0 radical (unpaired) electrons. The number of hydrogen-bond donors (Lipinski definition) is 2. The number of pyridine rings is 1. The number of aliphatic carboxylic acids is 1. The molecule has 1 atom stereocenters. The van der Waals surface area contributed by atoms with Crippen molar-refractivity contribution in [1.82, 2.24) is 10.3 Å². The van der Waals surface area contributed by atoms with Gasteiger partial charge in [-0.1, -0.05) is 42.5 Å². The lowest BCUT2D eigenvalue weighted by Gasteiger charge is -2.14. The topological polar surface area (TPSA) is 102 Å². The van der Waals surface area contributed by atoms with Gasteiger partial charge in [0.1, 0.15) is 17.4 Å². The first-order chi connectivity index (χ1) is 15.1. The Balaban J connectivity index is 1.38. The number of carbonyl (C=O) groups is 2. The Bertz CT molecular complexity index is 1190. The largest absolute Gasteiger partial charge is 0.480 e. The quantitative estimate of drug-likeness (QED) is 0.463. The van der Waals surface area contributed by atoms with Gasteiger partial charge in [0.05, 0.1) is 0 Å². The van der Waals surface area contributed by atoms with Crippen LogP contribution in [0.4, 0.5) is 4.79 Å². The number of amides is 1. The predicted octanol–water partition coefficient (Wildman–Crippen LogP) is 4.42. The minimum Gasteiger partial charge on any atom is -0.480 e. The molecule has 0 bridgehead atoms. The number of furan rings is 1. The number of benzene rings is 2. The molecule has 0 aliphatic carbocycles. The molecule has 1 amide bonds. The maximum Gasteiger partial charge on any atom is 0.408 e. The van der Waals surface area contributed by atoms with Crippen molar-refractivity contribution in [2.24, 2.45) is 0 Å². The average molecular weight is 416 g/mol. The minimum absolute atomic E-state index is 0.102. The van der Waals surface area contributed by atoms with Gasteiger partial charge in [0.25, 0.3) is 0 Å². The molecule has 4 aromatic rings. The van der Waals surface area contributed by atoms with Gasteiger partial charge in [0.2, 0.25) is 0 Å². The molecule has 0 aliphatic rings. The van der Waals surface area contributed by atoms with E-state index in [1.807, 2.05) is 48.5 Å². The Kier molecular flexibility index (Phi) is 5.93. The Morgan fingerprint density at radius 2 is 1.87 bits per heavy atom. The fraction of sp³-hybridized carbons (Fsp3) is 0.125. The molecule has 0 saturated heterocycles. The number of carboxylic acids is 1. The van der Waals surface area contributed by atoms with Crippen LogP contribution in [0, 0.1) is 0 Å². The van der Waals surface area contributed by atoms with Gasteiger partial charge in [0.15, 0.2) is 6.61 Å². The zero-order chi connectivity index (χ0) is 21.6. The number of rotatable bonds is 7. The van der Waals surface area contributed by atoms with Crippen LogP contribution >= 0.6 is 0 Å². The van der Waals surface area contributed by atoms with Crippen LogP contribution in [0.5, 0.6) is 0 Å². The van der Waals surface area contributed by atoms with Crippen molar-refractivity contribution in [3.8, 4) is 11.1 Å². The second kappa shape index (κ2) is 9.13. The molecule has 0 spiro atoms. The van der Waals surface area contributed by atoms with Gasteiger partial charge in [-0.25, -0.2) is 9.59 Å². The molecule has 4 rings (SSSR count). The van der Waals surface area contributed by atoms with E-state index in [2.05, 4.69) is 10.3 Å². The van der Waals surface area contributed by atoms with Gasteiger partial charge in [-0.2, -0.15) is 0 Å². The fourth-order valence-corrected chi connectivity index (χ4v) is 3.25. The highest BCUT2D eigenvalue weighted by Crippen LogP contribution is 2.27. The molecular formula is C24H20N2O5. The van der Waals surface area contributed by atoms with Gasteiger partial charge in [-0.15, -0.1) is 0 Å². The van der Waals surface area contributed by atoms with E-state index in [0.717, 1.165) is 16.5 Å². The van der Waals surface area contributed by atoms with E-state index in [1.165, 1.54) is 0 Å². The Morgan fingerprint density at radius 1 is 1.03 bits per heavy atom. The molecule has 2 N–H and O–H groups in total. The molecule has 0 saturated carbocycles. The van der Waals surface area contributed by atoms with Crippen molar-refractivity contribution in [1.29, 1.82) is 0 Å². The zero-order valence-corrected chi connectivity index (χ0v) is 16.5. The van der Waals surface area contributed by atoms with E-state index < -0.39 is 18.1 Å². The molecule has 156 valence electrons. The third-order valence-corrected chi connectivity index (χ3v) is 4.77. The van der Waals surface area contributed by atoms with Gasteiger partial charge >= 0.3 is 12.1 Å². The third kappa shape index (κ3) is 5.08. The summed E-state index contributed by atoms with van der Waals surface area (Å²) in [5, 5.41) is 12.6. The SMILES string of the molecule is O=C(NC(Cc1cccnc1)C(=O)O)OCc1cc2cc(-c3ccccc3)ccc2o1. The second-order valence-electron chi connectivity index (χ2n) is 7.01. The van der Waals surface area contributed by atoms with Crippen LogP contribution in [0.2, 0.25) is 0 Å². The molecule has 31 heavy (non-hydrogen) atoms. The van der Waals surface area contributed by atoms with Crippen molar-refractivity contribution in [3.05, 3.63) is 90.4 Å². The molecule has 1 unspecified atom stereocenters. The monoisotopic (exact) mass is 416 g/mol.